The number of hydrogen-bond acceptors (Lipinski definition) is 3. The van der Waals surface area contributed by atoms with E-state index in [9.17, 15) is 8.42 Å². The van der Waals surface area contributed by atoms with E-state index in [2.05, 4.69) is 39.5 Å². The molecule has 23 heavy (non-hydrogen) atoms. The third-order valence-electron chi connectivity index (χ3n) is 3.87. The zero-order valence-corrected chi connectivity index (χ0v) is 16.9. The van der Waals surface area contributed by atoms with E-state index >= 15 is 0 Å². The lowest BCUT2D eigenvalue weighted by atomic mass is 10.0. The lowest BCUT2D eigenvalue weighted by molar-refractivity contribution is 0.379. The Labute approximate surface area is 156 Å². The van der Waals surface area contributed by atoms with Crippen LogP contribution < -0.4 is 5.32 Å². The van der Waals surface area contributed by atoms with E-state index in [1.54, 1.807) is 6.92 Å². The van der Waals surface area contributed by atoms with Crippen LogP contribution >= 0.6 is 24.0 Å². The molecule has 1 aromatic carbocycles. The van der Waals surface area contributed by atoms with Gasteiger partial charge in [0.2, 0.25) is 0 Å². The second kappa shape index (κ2) is 9.46. The molecule has 0 saturated heterocycles. The zero-order chi connectivity index (χ0) is 16.0. The summed E-state index contributed by atoms with van der Waals surface area (Å²) in [7, 11) is -2.96. The quantitative estimate of drug-likeness (QED) is 0.423. The maximum absolute atomic E-state index is 11.6. The Morgan fingerprint density at radius 1 is 1.26 bits per heavy atom. The van der Waals surface area contributed by atoms with Gasteiger partial charge in [-0.05, 0) is 24.5 Å². The van der Waals surface area contributed by atoms with Crippen LogP contribution in [0.2, 0.25) is 0 Å². The highest BCUT2D eigenvalue weighted by atomic mass is 127. The van der Waals surface area contributed by atoms with Crippen molar-refractivity contribution in [1.29, 1.82) is 0 Å². The summed E-state index contributed by atoms with van der Waals surface area (Å²) in [6.07, 6.45) is 0.994. The van der Waals surface area contributed by atoms with Crippen molar-refractivity contribution in [3.05, 3.63) is 35.4 Å². The third-order valence-corrected chi connectivity index (χ3v) is 5.55. The van der Waals surface area contributed by atoms with Gasteiger partial charge in [0.05, 0.1) is 12.3 Å². The van der Waals surface area contributed by atoms with Crippen molar-refractivity contribution < 1.29 is 8.42 Å². The number of fused-ring (bicyclic) bond motifs is 1. The van der Waals surface area contributed by atoms with Crippen molar-refractivity contribution in [3.8, 4) is 0 Å². The first-order valence-corrected chi connectivity index (χ1v) is 9.68. The van der Waals surface area contributed by atoms with Gasteiger partial charge in [-0.2, -0.15) is 0 Å². The number of guanidine groups is 1. The van der Waals surface area contributed by atoms with Gasteiger partial charge in [-0.3, -0.25) is 4.99 Å². The maximum Gasteiger partial charge on any atom is 0.194 e. The topological polar surface area (TPSA) is 61.8 Å². The van der Waals surface area contributed by atoms with Gasteiger partial charge in [0.15, 0.2) is 15.8 Å². The first kappa shape index (κ1) is 20.2. The van der Waals surface area contributed by atoms with Crippen molar-refractivity contribution in [3.63, 3.8) is 0 Å². The van der Waals surface area contributed by atoms with Crippen LogP contribution in [0.5, 0.6) is 0 Å². The minimum Gasteiger partial charge on any atom is -0.357 e. The summed E-state index contributed by atoms with van der Waals surface area (Å²) < 4.78 is 23.2. The fourth-order valence-electron chi connectivity index (χ4n) is 2.54. The number of rotatable bonds is 5. The molecule has 2 rings (SSSR count). The predicted molar refractivity (Wildman–Crippen MR) is 106 cm³/mol. The molecule has 130 valence electrons. The fraction of sp³-hybridized carbons (Fsp3) is 0.562. The van der Waals surface area contributed by atoms with Crippen molar-refractivity contribution in [2.75, 3.05) is 31.1 Å². The molecule has 1 aromatic rings. The summed E-state index contributed by atoms with van der Waals surface area (Å²) in [5.74, 6) is 1.10. The molecule has 0 fully saturated rings. The van der Waals surface area contributed by atoms with E-state index in [-0.39, 0.29) is 35.5 Å². The summed E-state index contributed by atoms with van der Waals surface area (Å²) in [4.78, 5) is 6.69. The number of aliphatic imine (C=N–C) groups is 1. The van der Waals surface area contributed by atoms with Crippen molar-refractivity contribution in [1.82, 2.24) is 10.2 Å². The van der Waals surface area contributed by atoms with Gasteiger partial charge >= 0.3 is 0 Å². The summed E-state index contributed by atoms with van der Waals surface area (Å²) in [5.41, 5.74) is 2.71. The van der Waals surface area contributed by atoms with E-state index < -0.39 is 9.84 Å². The van der Waals surface area contributed by atoms with Crippen molar-refractivity contribution >= 4 is 39.8 Å². The van der Waals surface area contributed by atoms with Crippen molar-refractivity contribution in [2.24, 2.45) is 4.99 Å². The number of nitrogens with zero attached hydrogens (tertiary/aromatic N) is 2. The second-order valence-corrected chi connectivity index (χ2v) is 7.89. The molecule has 1 aliphatic heterocycles. The summed E-state index contributed by atoms with van der Waals surface area (Å²) in [6.45, 7) is 6.52. The smallest absolute Gasteiger partial charge is 0.194 e. The molecule has 1 aliphatic rings. The Kier molecular flexibility index (Phi) is 8.32. The Bertz CT molecular complexity index is 632. The molecule has 1 N–H and O–H groups in total. The number of halogens is 1. The Balaban J connectivity index is 0.00000264. The summed E-state index contributed by atoms with van der Waals surface area (Å²) in [6, 6.07) is 8.45. The van der Waals surface area contributed by atoms with Gasteiger partial charge in [-0.1, -0.05) is 31.2 Å². The van der Waals surface area contributed by atoms with Gasteiger partial charge in [-0.25, -0.2) is 8.42 Å². The van der Waals surface area contributed by atoms with E-state index in [0.717, 1.165) is 32.0 Å². The number of hydrogen-bond donors (Lipinski definition) is 1. The van der Waals surface area contributed by atoms with Crippen LogP contribution in [-0.4, -0.2) is 50.4 Å². The molecule has 0 saturated carbocycles. The van der Waals surface area contributed by atoms with Crippen LogP contribution in [0.4, 0.5) is 0 Å². The first-order chi connectivity index (χ1) is 10.6. The molecule has 0 spiro atoms. The van der Waals surface area contributed by atoms with Crippen molar-refractivity contribution in [2.45, 2.75) is 26.8 Å². The molecule has 0 unspecified atom stereocenters. The van der Waals surface area contributed by atoms with Gasteiger partial charge < -0.3 is 10.2 Å². The largest absolute Gasteiger partial charge is 0.357 e. The highest BCUT2D eigenvalue weighted by Crippen LogP contribution is 2.18. The standard InChI is InChI=1S/C16H25N3O2S.HI/c1-3-17-16(18-10-12-22(20,21)4-2)19-11-9-14-7-5-6-8-15(14)13-19;/h5-8H,3-4,9-13H2,1-2H3,(H,17,18);1H. The Morgan fingerprint density at radius 3 is 2.61 bits per heavy atom. The van der Waals surface area contributed by atoms with E-state index in [1.807, 2.05) is 6.92 Å². The third kappa shape index (κ3) is 5.95. The van der Waals surface area contributed by atoms with Gasteiger partial charge in [0.1, 0.15) is 0 Å². The number of sulfone groups is 1. The normalized spacial score (nSPS) is 14.9. The first-order valence-electron chi connectivity index (χ1n) is 7.86. The maximum atomic E-state index is 11.6. The average Bonchev–Trinajstić information content (AvgIpc) is 2.53. The average molecular weight is 451 g/mol. The SMILES string of the molecule is CCNC(=NCCS(=O)(=O)CC)N1CCc2ccccc2C1.I. The lowest BCUT2D eigenvalue weighted by Gasteiger charge is -2.31. The molecule has 0 bridgehead atoms. The molecule has 1 heterocycles. The van der Waals surface area contributed by atoms with Crippen LogP contribution in [0.15, 0.2) is 29.3 Å². The van der Waals surface area contributed by atoms with Gasteiger partial charge in [-0.15, -0.1) is 24.0 Å². The van der Waals surface area contributed by atoms with Crippen LogP contribution in [0.3, 0.4) is 0 Å². The van der Waals surface area contributed by atoms with E-state index in [4.69, 9.17) is 0 Å². The monoisotopic (exact) mass is 451 g/mol. The minimum atomic E-state index is -2.96. The zero-order valence-electron chi connectivity index (χ0n) is 13.8. The molecule has 0 radical (unpaired) electrons. The molecular weight excluding hydrogens is 425 g/mol. The molecule has 0 amide bonds. The molecule has 0 aliphatic carbocycles. The van der Waals surface area contributed by atoms with Gasteiger partial charge in [0.25, 0.3) is 0 Å². The molecular formula is C16H26IN3O2S. The van der Waals surface area contributed by atoms with E-state index in [0.29, 0.717) is 6.54 Å². The second-order valence-electron chi connectivity index (χ2n) is 5.41. The molecule has 5 nitrogen and oxygen atoms in total. The van der Waals surface area contributed by atoms with Crippen LogP contribution in [0.1, 0.15) is 25.0 Å². The molecule has 0 aromatic heterocycles. The predicted octanol–water partition coefficient (Wildman–Crippen LogP) is 2.06. The summed E-state index contributed by atoms with van der Waals surface area (Å²) >= 11 is 0. The van der Waals surface area contributed by atoms with Crippen LogP contribution in [0, 0.1) is 0 Å². The van der Waals surface area contributed by atoms with E-state index in [1.165, 1.54) is 11.1 Å². The lowest BCUT2D eigenvalue weighted by Crippen LogP contribution is -2.44. The Hall–Kier alpha value is -0.830. The minimum absolute atomic E-state index is 0. The molecule has 0 atom stereocenters. The summed E-state index contributed by atoms with van der Waals surface area (Å²) in [5, 5.41) is 3.27. The van der Waals surface area contributed by atoms with Crippen LogP contribution in [0.25, 0.3) is 0 Å². The number of nitrogens with one attached hydrogen (secondary N) is 1. The van der Waals surface area contributed by atoms with Crippen LogP contribution in [-0.2, 0) is 22.8 Å². The van der Waals surface area contributed by atoms with Gasteiger partial charge in [0, 0.05) is 25.4 Å². The molecule has 7 heteroatoms. The fourth-order valence-corrected chi connectivity index (χ4v) is 3.20. The Morgan fingerprint density at radius 2 is 1.96 bits per heavy atom. The highest BCUT2D eigenvalue weighted by Gasteiger charge is 2.18. The highest BCUT2D eigenvalue weighted by molar-refractivity contribution is 14.0. The number of benzene rings is 1.